The normalized spacial score (nSPS) is 12.3. The van der Waals surface area contributed by atoms with E-state index in [0.717, 1.165) is 22.3 Å². The second-order valence-electron chi connectivity index (χ2n) is 3.14. The van der Waals surface area contributed by atoms with Crippen molar-refractivity contribution < 1.29 is 13.2 Å². The van der Waals surface area contributed by atoms with Crippen LogP contribution >= 0.6 is 11.3 Å². The average molecular weight is 231 g/mol. The highest BCUT2D eigenvalue weighted by Crippen LogP contribution is 2.38. The quantitative estimate of drug-likeness (QED) is 0.800. The Morgan fingerprint density at radius 3 is 2.60 bits per heavy atom. The maximum Gasteiger partial charge on any atom is 0.417 e. The van der Waals surface area contributed by atoms with Gasteiger partial charge in [0.25, 0.3) is 0 Å². The number of alkyl halides is 3. The molecule has 0 bridgehead atoms. The van der Waals surface area contributed by atoms with E-state index in [-0.39, 0.29) is 11.2 Å². The molecule has 5 heteroatoms. The monoisotopic (exact) mass is 231 g/mol. The molecule has 80 valence electrons. The van der Waals surface area contributed by atoms with Gasteiger partial charge in [0.2, 0.25) is 0 Å². The van der Waals surface area contributed by atoms with E-state index in [2.05, 4.69) is 0 Å². The zero-order chi connectivity index (χ0) is 11.1. The van der Waals surface area contributed by atoms with Crippen LogP contribution in [0.3, 0.4) is 0 Å². The van der Waals surface area contributed by atoms with E-state index in [0.29, 0.717) is 5.39 Å². The van der Waals surface area contributed by atoms with Gasteiger partial charge >= 0.3 is 6.18 Å². The van der Waals surface area contributed by atoms with Crippen molar-refractivity contribution >= 4 is 21.4 Å². The molecule has 0 aliphatic heterocycles. The number of rotatable bonds is 1. The average Bonchev–Trinajstić information content (AvgIpc) is 2.57. The number of hydrogen-bond donors (Lipinski definition) is 1. The van der Waals surface area contributed by atoms with Gasteiger partial charge in [-0.2, -0.15) is 13.2 Å². The van der Waals surface area contributed by atoms with E-state index in [4.69, 9.17) is 5.73 Å². The molecule has 0 radical (unpaired) electrons. The van der Waals surface area contributed by atoms with E-state index in [9.17, 15) is 13.2 Å². The van der Waals surface area contributed by atoms with Crippen LogP contribution in [0.5, 0.6) is 0 Å². The third-order valence-electron chi connectivity index (χ3n) is 2.10. The first-order chi connectivity index (χ1) is 7.02. The maximum absolute atomic E-state index is 12.6. The van der Waals surface area contributed by atoms with E-state index in [1.807, 2.05) is 0 Å². The summed E-state index contributed by atoms with van der Waals surface area (Å²) in [6.07, 6.45) is -4.30. The summed E-state index contributed by atoms with van der Waals surface area (Å²) >= 11 is 1.11. The lowest BCUT2D eigenvalue weighted by Gasteiger charge is -2.06. The van der Waals surface area contributed by atoms with Crippen LogP contribution in [-0.4, -0.2) is 0 Å². The number of halogens is 3. The molecule has 0 amide bonds. The lowest BCUT2D eigenvalue weighted by Crippen LogP contribution is -2.04. The van der Waals surface area contributed by atoms with Gasteiger partial charge in [-0.1, -0.05) is 12.1 Å². The molecule has 0 unspecified atom stereocenters. The van der Waals surface area contributed by atoms with E-state index >= 15 is 0 Å². The third kappa shape index (κ3) is 1.85. The summed E-state index contributed by atoms with van der Waals surface area (Å²) in [5.74, 6) is 0. The molecule has 0 aliphatic rings. The van der Waals surface area contributed by atoms with Gasteiger partial charge in [0, 0.05) is 16.1 Å². The van der Waals surface area contributed by atoms with Crippen molar-refractivity contribution in [1.82, 2.24) is 0 Å². The highest BCUT2D eigenvalue weighted by molar-refractivity contribution is 7.19. The first-order valence-corrected chi connectivity index (χ1v) is 5.12. The molecule has 15 heavy (non-hydrogen) atoms. The maximum atomic E-state index is 12.6. The number of thiophene rings is 1. The summed E-state index contributed by atoms with van der Waals surface area (Å²) in [6, 6.07) is 5.88. The molecule has 1 nitrogen and oxygen atoms in total. The Labute approximate surface area is 88.3 Å². The Bertz CT molecular complexity index is 487. The Morgan fingerprint density at radius 1 is 1.27 bits per heavy atom. The van der Waals surface area contributed by atoms with E-state index in [1.54, 1.807) is 12.1 Å². The standard InChI is InChI=1S/C10H8F3NS/c11-10(12,13)8-3-1-2-6-4-7(5-14)15-9(6)8/h1-4H,5,14H2. The van der Waals surface area contributed by atoms with Gasteiger partial charge in [0.15, 0.2) is 0 Å². The fourth-order valence-corrected chi connectivity index (χ4v) is 2.51. The Balaban J connectivity index is 2.70. The minimum Gasteiger partial charge on any atom is -0.326 e. The smallest absolute Gasteiger partial charge is 0.326 e. The van der Waals surface area contributed by atoms with Crippen molar-refractivity contribution in [2.75, 3.05) is 0 Å². The van der Waals surface area contributed by atoms with Gasteiger partial charge in [-0.3, -0.25) is 0 Å². The SMILES string of the molecule is NCc1cc2cccc(C(F)(F)F)c2s1. The minimum absolute atomic E-state index is 0.269. The minimum atomic E-state index is -4.30. The van der Waals surface area contributed by atoms with Crippen molar-refractivity contribution in [2.24, 2.45) is 5.73 Å². The van der Waals surface area contributed by atoms with Crippen LogP contribution in [0.2, 0.25) is 0 Å². The molecule has 2 aromatic rings. The van der Waals surface area contributed by atoms with Crippen LogP contribution in [0, 0.1) is 0 Å². The zero-order valence-electron chi connectivity index (χ0n) is 7.64. The molecule has 1 aromatic carbocycles. The van der Waals surface area contributed by atoms with Crippen molar-refractivity contribution in [3.05, 3.63) is 34.7 Å². The van der Waals surface area contributed by atoms with Crippen LogP contribution in [0.15, 0.2) is 24.3 Å². The van der Waals surface area contributed by atoms with E-state index in [1.165, 1.54) is 6.07 Å². The molecule has 2 N–H and O–H groups in total. The fraction of sp³-hybridized carbons (Fsp3) is 0.200. The van der Waals surface area contributed by atoms with Crippen LogP contribution in [0.1, 0.15) is 10.4 Å². The molecule has 0 atom stereocenters. The summed E-state index contributed by atoms with van der Waals surface area (Å²) in [7, 11) is 0. The highest BCUT2D eigenvalue weighted by Gasteiger charge is 2.32. The molecule has 0 spiro atoms. The zero-order valence-corrected chi connectivity index (χ0v) is 8.45. The molecule has 1 heterocycles. The summed E-state index contributed by atoms with van der Waals surface area (Å²) in [6.45, 7) is 0.274. The Hall–Kier alpha value is -1.07. The van der Waals surface area contributed by atoms with Crippen molar-refractivity contribution in [3.63, 3.8) is 0 Å². The first-order valence-electron chi connectivity index (χ1n) is 4.31. The first kappa shape index (κ1) is 10.4. The third-order valence-corrected chi connectivity index (χ3v) is 3.31. The fourth-order valence-electron chi connectivity index (χ4n) is 1.44. The lowest BCUT2D eigenvalue weighted by molar-refractivity contribution is -0.136. The van der Waals surface area contributed by atoms with Crippen molar-refractivity contribution in [1.29, 1.82) is 0 Å². The number of benzene rings is 1. The van der Waals surface area contributed by atoms with Gasteiger partial charge in [-0.25, -0.2) is 0 Å². The Kier molecular flexibility index (Phi) is 2.44. The van der Waals surface area contributed by atoms with Crippen LogP contribution in [0.4, 0.5) is 13.2 Å². The van der Waals surface area contributed by atoms with Gasteiger partial charge in [0.1, 0.15) is 0 Å². The van der Waals surface area contributed by atoms with Crippen LogP contribution in [-0.2, 0) is 12.7 Å². The number of nitrogens with two attached hydrogens (primary N) is 1. The number of hydrogen-bond acceptors (Lipinski definition) is 2. The van der Waals surface area contributed by atoms with Crippen LogP contribution in [0.25, 0.3) is 10.1 Å². The number of fused-ring (bicyclic) bond motifs is 1. The second kappa shape index (κ2) is 3.50. The summed E-state index contributed by atoms with van der Waals surface area (Å²) < 4.78 is 38.1. The van der Waals surface area contributed by atoms with Crippen molar-refractivity contribution in [3.8, 4) is 0 Å². The largest absolute Gasteiger partial charge is 0.417 e. The Morgan fingerprint density at radius 2 is 2.00 bits per heavy atom. The van der Waals surface area contributed by atoms with Gasteiger partial charge in [-0.05, 0) is 17.5 Å². The van der Waals surface area contributed by atoms with E-state index < -0.39 is 11.7 Å². The lowest BCUT2D eigenvalue weighted by atomic mass is 10.1. The van der Waals surface area contributed by atoms with Gasteiger partial charge in [0.05, 0.1) is 5.56 Å². The molecular weight excluding hydrogens is 223 g/mol. The summed E-state index contributed by atoms with van der Waals surface area (Å²) in [5.41, 5.74) is 4.82. The second-order valence-corrected chi connectivity index (χ2v) is 4.28. The van der Waals surface area contributed by atoms with Gasteiger partial charge < -0.3 is 5.73 Å². The molecule has 0 fully saturated rings. The topological polar surface area (TPSA) is 26.0 Å². The highest BCUT2D eigenvalue weighted by atomic mass is 32.1. The van der Waals surface area contributed by atoms with Crippen molar-refractivity contribution in [2.45, 2.75) is 12.7 Å². The molecule has 2 rings (SSSR count). The summed E-state index contributed by atoms with van der Waals surface area (Å²) in [4.78, 5) is 0.765. The molecular formula is C10H8F3NS. The molecule has 0 saturated carbocycles. The van der Waals surface area contributed by atoms with Crippen LogP contribution < -0.4 is 5.73 Å². The van der Waals surface area contributed by atoms with Gasteiger partial charge in [-0.15, -0.1) is 11.3 Å². The molecule has 0 saturated heterocycles. The summed E-state index contributed by atoms with van der Waals surface area (Å²) in [5, 5.41) is 0.607. The molecule has 0 aliphatic carbocycles. The predicted molar refractivity (Wildman–Crippen MR) is 54.7 cm³/mol. The molecule has 1 aromatic heterocycles. The predicted octanol–water partition coefficient (Wildman–Crippen LogP) is 3.38.